The lowest BCUT2D eigenvalue weighted by molar-refractivity contribution is -0.136. The first-order chi connectivity index (χ1) is 35.5. The summed E-state index contributed by atoms with van der Waals surface area (Å²) in [5, 5.41) is 7.91. The van der Waals surface area contributed by atoms with E-state index in [-0.39, 0.29) is 53.6 Å². The Hall–Kier alpha value is -7.51. The Morgan fingerprint density at radius 2 is 0.865 bits per heavy atom. The summed E-state index contributed by atoms with van der Waals surface area (Å²) < 4.78 is 19.0. The minimum atomic E-state index is -0.710. The van der Waals surface area contributed by atoms with Gasteiger partial charge < -0.3 is 64.5 Å². The average molecular weight is 1030 g/mol. The predicted molar refractivity (Wildman–Crippen MR) is 271 cm³/mol. The van der Waals surface area contributed by atoms with E-state index in [1.165, 1.54) is 34.2 Å². The quantitative estimate of drug-likeness (QED) is 0.105. The molecule has 7 rings (SSSR count). The number of aromatic amines is 3. The number of carbonyl (C=O) groups excluding carboxylic acids is 6. The zero-order chi connectivity index (χ0) is 53.9. The van der Waals surface area contributed by atoms with Crippen LogP contribution in [-0.2, 0) is 33.3 Å². The predicted octanol–water partition coefficient (Wildman–Crippen LogP) is 4.86. The Labute approximate surface area is 433 Å². The van der Waals surface area contributed by atoms with Gasteiger partial charge in [0.15, 0.2) is 0 Å². The lowest BCUT2D eigenvalue weighted by Gasteiger charge is -2.29. The molecule has 6 amide bonds. The molecular formula is C52H72N12O10. The van der Waals surface area contributed by atoms with Crippen LogP contribution in [0.25, 0.3) is 0 Å². The number of methoxy groups -OCH3 is 3. The summed E-state index contributed by atoms with van der Waals surface area (Å²) >= 11 is 0. The zero-order valence-electron chi connectivity index (χ0n) is 44.0. The van der Waals surface area contributed by atoms with Crippen LogP contribution in [0, 0.1) is 53.8 Å². The minimum Gasteiger partial charge on any atom is -0.453 e. The third-order valence-electron chi connectivity index (χ3n) is 13.0. The van der Waals surface area contributed by atoms with Gasteiger partial charge in [-0.3, -0.25) is 14.4 Å². The number of amides is 6. The third kappa shape index (κ3) is 15.5. The molecule has 0 aromatic carbocycles. The van der Waals surface area contributed by atoms with Gasteiger partial charge in [0.05, 0.1) is 58.0 Å². The first-order valence-corrected chi connectivity index (χ1v) is 25.2. The molecule has 4 aliphatic heterocycles. The highest BCUT2D eigenvalue weighted by molar-refractivity contribution is 5.88. The second kappa shape index (κ2) is 28.1. The summed E-state index contributed by atoms with van der Waals surface area (Å²) in [6.45, 7) is 15.0. The van der Waals surface area contributed by atoms with E-state index in [4.69, 9.17) is 20.6 Å². The zero-order valence-corrected chi connectivity index (χ0v) is 44.0. The van der Waals surface area contributed by atoms with Crippen molar-refractivity contribution in [2.45, 2.75) is 129 Å². The molecule has 3 aromatic rings. The molecule has 0 unspecified atom stereocenters. The third-order valence-corrected chi connectivity index (χ3v) is 13.0. The Morgan fingerprint density at radius 1 is 0.554 bits per heavy atom. The fourth-order valence-electron chi connectivity index (χ4n) is 9.00. The van der Waals surface area contributed by atoms with E-state index in [9.17, 15) is 28.8 Å². The van der Waals surface area contributed by atoms with Crippen LogP contribution in [0.1, 0.15) is 146 Å². The number of alkyl carbamates (subject to hydrolysis) is 3. The number of likely N-dealkylation sites (tertiary alicyclic amines) is 3. The van der Waals surface area contributed by atoms with Gasteiger partial charge in [-0.15, -0.1) is 6.42 Å². The van der Waals surface area contributed by atoms with Crippen LogP contribution in [0.2, 0.25) is 0 Å². The number of terminal acetylenes is 1. The number of carbonyl (C=O) groups is 6. The van der Waals surface area contributed by atoms with Crippen LogP contribution in [0.4, 0.5) is 14.4 Å². The second-order valence-electron chi connectivity index (χ2n) is 19.2. The van der Waals surface area contributed by atoms with Crippen molar-refractivity contribution in [3.63, 3.8) is 0 Å². The molecule has 7 heterocycles. The molecule has 6 N–H and O–H groups in total. The number of ether oxygens (including phenoxy) is 4. The average Bonchev–Trinajstić information content (AvgIpc) is 4.25. The molecule has 4 aliphatic rings. The molecule has 22 heteroatoms. The summed E-state index contributed by atoms with van der Waals surface area (Å²) in [7, 11) is 3.81. The van der Waals surface area contributed by atoms with Crippen molar-refractivity contribution in [2.24, 2.45) is 17.8 Å². The van der Waals surface area contributed by atoms with E-state index >= 15 is 0 Å². The Bertz CT molecular complexity index is 2430. The number of rotatable bonds is 12. The monoisotopic (exact) mass is 1020 g/mol. The maximum atomic E-state index is 13.3. The highest BCUT2D eigenvalue weighted by Gasteiger charge is 2.40. The number of nitrogens with zero attached hydrogens (tertiary/aromatic N) is 6. The summed E-state index contributed by atoms with van der Waals surface area (Å²) in [5.74, 6) is 15.2. The van der Waals surface area contributed by atoms with E-state index in [1.807, 2.05) is 41.5 Å². The maximum Gasteiger partial charge on any atom is 0.407 e. The van der Waals surface area contributed by atoms with Crippen LogP contribution in [0.3, 0.4) is 0 Å². The standard InChI is InChI=1S/C32H42N8O6.C16H22N4O3.C4H8O/c1-19(2)25(37-31(43)45-5)29(41)39-15-9-13-23(39)27-33-17-21(35-27)11-7-8-12-22-18-34-28(36-22)24-14-10-16-40(24)30(42)26(20(3)4)38-32(44)46-6;1-5-11-9-17-14(18-11)12-7-6-8-20(12)15(21)13(10(2)3)19-16(22)23-4;1-2-4-5-3-1/h17-20,23-26H,9-10,13-16H2,1-6H3,(H,33,35)(H,34,36)(H,37,43)(H,38,44);1,9-10,12-13H,6-8H2,2-4H3,(H,17,18)(H,19,22);1-4H2/t23-,24-,25-,26-;12-,13-;/m00./s1. The van der Waals surface area contributed by atoms with Gasteiger partial charge in [0, 0.05) is 32.8 Å². The summed E-state index contributed by atoms with van der Waals surface area (Å²) in [4.78, 5) is 103. The van der Waals surface area contributed by atoms with Crippen LogP contribution >= 0.6 is 0 Å². The fourth-order valence-corrected chi connectivity index (χ4v) is 9.00. The number of H-pyrrole nitrogens is 3. The molecular weight excluding hydrogens is 953 g/mol. The van der Waals surface area contributed by atoms with Crippen molar-refractivity contribution < 1.29 is 47.7 Å². The van der Waals surface area contributed by atoms with E-state index in [2.05, 4.69) is 80.2 Å². The van der Waals surface area contributed by atoms with Gasteiger partial charge in [0.25, 0.3) is 0 Å². The lowest BCUT2D eigenvalue weighted by Crippen LogP contribution is -2.51. The highest BCUT2D eigenvalue weighted by atomic mass is 16.5. The SMILES string of the molecule is C#Cc1cnc([C@@H]2CCCN2C(=O)[C@@H](NC(=O)OC)C(C)C)[nH]1.C1CCOC1.COC(=O)N[C@H](C(=O)N1CCC[C@H]1c1ncc(C#CC#Cc2cnc([C@@H]3CCCN3C(=O)[C@@H](NC(=O)OC)C(C)C)[nH]2)[nH]1)C(C)C. The number of imidazole rings is 3. The first-order valence-electron chi connectivity index (χ1n) is 25.2. The summed E-state index contributed by atoms with van der Waals surface area (Å²) in [6.07, 6.45) is 15.6. The molecule has 0 saturated carbocycles. The van der Waals surface area contributed by atoms with Crippen molar-refractivity contribution in [2.75, 3.05) is 54.2 Å². The Morgan fingerprint density at radius 3 is 1.12 bits per heavy atom. The Kier molecular flexibility index (Phi) is 21.8. The molecule has 22 nitrogen and oxygen atoms in total. The maximum absolute atomic E-state index is 13.3. The van der Waals surface area contributed by atoms with Gasteiger partial charge in [-0.2, -0.15) is 0 Å². The van der Waals surface area contributed by atoms with E-state index in [0.29, 0.717) is 54.2 Å². The molecule has 0 aliphatic carbocycles. The van der Waals surface area contributed by atoms with Crippen molar-refractivity contribution >= 4 is 36.0 Å². The van der Waals surface area contributed by atoms with Crippen LogP contribution in [0.15, 0.2) is 18.6 Å². The first kappa shape index (κ1) is 57.4. The van der Waals surface area contributed by atoms with Crippen molar-refractivity contribution in [3.05, 3.63) is 53.1 Å². The Balaban J connectivity index is 0.000000298. The summed E-state index contributed by atoms with van der Waals surface area (Å²) in [6, 6.07) is -2.72. The van der Waals surface area contributed by atoms with Crippen molar-refractivity contribution in [1.29, 1.82) is 0 Å². The number of aromatic nitrogens is 6. The molecule has 400 valence electrons. The van der Waals surface area contributed by atoms with E-state index in [0.717, 1.165) is 51.7 Å². The van der Waals surface area contributed by atoms with Crippen molar-refractivity contribution in [3.8, 4) is 36.0 Å². The van der Waals surface area contributed by atoms with Crippen molar-refractivity contribution in [1.82, 2.24) is 60.6 Å². The van der Waals surface area contributed by atoms with Gasteiger partial charge in [0.2, 0.25) is 17.7 Å². The van der Waals surface area contributed by atoms with Gasteiger partial charge >= 0.3 is 18.3 Å². The van der Waals surface area contributed by atoms with Crippen LogP contribution in [0.5, 0.6) is 0 Å². The van der Waals surface area contributed by atoms with E-state index in [1.54, 1.807) is 33.3 Å². The van der Waals surface area contributed by atoms with Gasteiger partial charge in [0.1, 0.15) is 52.7 Å². The smallest absolute Gasteiger partial charge is 0.407 e. The fraction of sp³-hybridized carbons (Fsp3) is 0.596. The topological polar surface area (TPSA) is 271 Å². The number of nitrogens with one attached hydrogen (secondary N) is 6. The number of hydrogen-bond donors (Lipinski definition) is 6. The normalized spacial score (nSPS) is 19.0. The molecule has 0 radical (unpaired) electrons. The molecule has 0 bridgehead atoms. The second-order valence-corrected chi connectivity index (χ2v) is 19.2. The molecule has 6 atom stereocenters. The highest BCUT2D eigenvalue weighted by Crippen LogP contribution is 2.34. The van der Waals surface area contributed by atoms with Crippen LogP contribution in [-0.4, -0.2) is 153 Å². The molecule has 4 saturated heterocycles. The minimum absolute atomic E-state index is 0.0549. The summed E-state index contributed by atoms with van der Waals surface area (Å²) in [5.41, 5.74) is 1.71. The molecule has 3 aromatic heterocycles. The van der Waals surface area contributed by atoms with Crippen LogP contribution < -0.4 is 16.0 Å². The molecule has 4 fully saturated rings. The lowest BCUT2D eigenvalue weighted by atomic mass is 10.0. The largest absolute Gasteiger partial charge is 0.453 e. The van der Waals surface area contributed by atoms with Gasteiger partial charge in [-0.1, -0.05) is 47.5 Å². The van der Waals surface area contributed by atoms with Gasteiger partial charge in [-0.05, 0) is 92.8 Å². The van der Waals surface area contributed by atoms with Gasteiger partial charge in [-0.25, -0.2) is 29.3 Å². The van der Waals surface area contributed by atoms with E-state index < -0.39 is 36.4 Å². The number of hydrogen-bond acceptors (Lipinski definition) is 13. The molecule has 0 spiro atoms. The molecule has 74 heavy (non-hydrogen) atoms.